The van der Waals surface area contributed by atoms with E-state index in [1.54, 1.807) is 12.4 Å². The number of piperidine rings is 1. The normalized spacial score (nSPS) is 21.1. The Kier molecular flexibility index (Phi) is 3.96. The topological polar surface area (TPSA) is 55.0 Å². The standard InChI is InChI=1S/C11H17ClN4/c12-10-7-14-8-11(15-10)16-6-2-1-3-9(16)4-5-13/h7-9H,1-6,13H2. The Morgan fingerprint density at radius 3 is 3.06 bits per heavy atom. The van der Waals surface area contributed by atoms with Crippen LogP contribution >= 0.6 is 11.6 Å². The van der Waals surface area contributed by atoms with Gasteiger partial charge in [-0.15, -0.1) is 0 Å². The van der Waals surface area contributed by atoms with Crippen LogP contribution in [0.2, 0.25) is 5.15 Å². The predicted octanol–water partition coefficient (Wildman–Crippen LogP) is 1.84. The zero-order valence-corrected chi connectivity index (χ0v) is 10.0. The third-order valence-electron chi connectivity index (χ3n) is 3.01. The molecule has 2 N–H and O–H groups in total. The van der Waals surface area contributed by atoms with Crippen molar-refractivity contribution in [2.45, 2.75) is 31.7 Å². The summed E-state index contributed by atoms with van der Waals surface area (Å²) in [5.41, 5.74) is 5.64. The summed E-state index contributed by atoms with van der Waals surface area (Å²) in [6, 6.07) is 0.492. The molecule has 0 spiro atoms. The van der Waals surface area contributed by atoms with Crippen LogP contribution < -0.4 is 10.6 Å². The molecular formula is C11H17ClN4. The summed E-state index contributed by atoms with van der Waals surface area (Å²) < 4.78 is 0. The van der Waals surface area contributed by atoms with Crippen molar-refractivity contribution >= 4 is 17.4 Å². The van der Waals surface area contributed by atoms with E-state index in [1.807, 2.05) is 0 Å². The van der Waals surface area contributed by atoms with Crippen molar-refractivity contribution < 1.29 is 0 Å². The number of hydrogen-bond donors (Lipinski definition) is 1. The van der Waals surface area contributed by atoms with E-state index in [1.165, 1.54) is 19.3 Å². The van der Waals surface area contributed by atoms with Crippen LogP contribution in [0, 0.1) is 0 Å². The van der Waals surface area contributed by atoms with Crippen molar-refractivity contribution in [3.05, 3.63) is 17.5 Å². The van der Waals surface area contributed by atoms with Crippen LogP contribution in [-0.2, 0) is 0 Å². The van der Waals surface area contributed by atoms with Crippen molar-refractivity contribution in [1.29, 1.82) is 0 Å². The molecule has 16 heavy (non-hydrogen) atoms. The molecule has 88 valence electrons. The fourth-order valence-electron chi connectivity index (χ4n) is 2.27. The Morgan fingerprint density at radius 2 is 2.31 bits per heavy atom. The van der Waals surface area contributed by atoms with Crippen molar-refractivity contribution in [3.8, 4) is 0 Å². The van der Waals surface area contributed by atoms with E-state index >= 15 is 0 Å². The molecule has 4 nitrogen and oxygen atoms in total. The van der Waals surface area contributed by atoms with E-state index in [4.69, 9.17) is 17.3 Å². The van der Waals surface area contributed by atoms with Gasteiger partial charge in [0.2, 0.25) is 0 Å². The molecule has 0 radical (unpaired) electrons. The molecule has 1 fully saturated rings. The van der Waals surface area contributed by atoms with Crippen LogP contribution in [0.3, 0.4) is 0 Å². The average molecular weight is 241 g/mol. The fraction of sp³-hybridized carbons (Fsp3) is 0.636. The van der Waals surface area contributed by atoms with E-state index in [-0.39, 0.29) is 0 Å². The van der Waals surface area contributed by atoms with Gasteiger partial charge in [-0.2, -0.15) is 0 Å². The Hall–Kier alpha value is -0.870. The minimum absolute atomic E-state index is 0.453. The van der Waals surface area contributed by atoms with Gasteiger partial charge in [-0.3, -0.25) is 4.98 Å². The van der Waals surface area contributed by atoms with Gasteiger partial charge in [0.1, 0.15) is 11.0 Å². The Labute approximate surface area is 101 Å². The van der Waals surface area contributed by atoms with Crippen molar-refractivity contribution in [3.63, 3.8) is 0 Å². The minimum atomic E-state index is 0.453. The van der Waals surface area contributed by atoms with Crippen molar-refractivity contribution in [1.82, 2.24) is 9.97 Å². The van der Waals surface area contributed by atoms with E-state index in [0.29, 0.717) is 11.2 Å². The first-order valence-electron chi connectivity index (χ1n) is 5.75. The molecule has 1 unspecified atom stereocenters. The third kappa shape index (κ3) is 2.62. The van der Waals surface area contributed by atoms with Gasteiger partial charge in [-0.25, -0.2) is 4.98 Å². The monoisotopic (exact) mass is 240 g/mol. The highest BCUT2D eigenvalue weighted by Crippen LogP contribution is 2.24. The van der Waals surface area contributed by atoms with Crippen LogP contribution in [0.4, 0.5) is 5.82 Å². The lowest BCUT2D eigenvalue weighted by molar-refractivity contribution is 0.438. The smallest absolute Gasteiger partial charge is 0.149 e. The van der Waals surface area contributed by atoms with Crippen molar-refractivity contribution in [2.75, 3.05) is 18.0 Å². The maximum atomic E-state index is 5.86. The predicted molar refractivity (Wildman–Crippen MR) is 65.7 cm³/mol. The molecule has 0 aliphatic carbocycles. The number of nitrogens with zero attached hydrogens (tertiary/aromatic N) is 3. The van der Waals surface area contributed by atoms with Crippen LogP contribution in [0.5, 0.6) is 0 Å². The quantitative estimate of drug-likeness (QED) is 0.876. The lowest BCUT2D eigenvalue weighted by Crippen LogP contribution is -2.41. The summed E-state index contributed by atoms with van der Waals surface area (Å²) in [5.74, 6) is 0.880. The van der Waals surface area contributed by atoms with Crippen LogP contribution in [0.25, 0.3) is 0 Å². The molecule has 0 bridgehead atoms. The van der Waals surface area contributed by atoms with Crippen LogP contribution in [-0.4, -0.2) is 29.1 Å². The fourth-order valence-corrected chi connectivity index (χ4v) is 2.41. The molecule has 2 heterocycles. The minimum Gasteiger partial charge on any atom is -0.352 e. The van der Waals surface area contributed by atoms with E-state index < -0.39 is 0 Å². The molecule has 1 aliphatic heterocycles. The van der Waals surface area contributed by atoms with E-state index in [0.717, 1.165) is 25.3 Å². The first-order valence-corrected chi connectivity index (χ1v) is 6.13. The second kappa shape index (κ2) is 5.46. The van der Waals surface area contributed by atoms with Gasteiger partial charge in [0.05, 0.1) is 12.4 Å². The van der Waals surface area contributed by atoms with Gasteiger partial charge in [0.25, 0.3) is 0 Å². The van der Waals surface area contributed by atoms with Crippen LogP contribution in [0.1, 0.15) is 25.7 Å². The van der Waals surface area contributed by atoms with E-state index in [9.17, 15) is 0 Å². The zero-order chi connectivity index (χ0) is 11.4. The molecule has 5 heteroatoms. The highest BCUT2D eigenvalue weighted by Gasteiger charge is 2.23. The summed E-state index contributed by atoms with van der Waals surface area (Å²) in [6.45, 7) is 1.74. The molecule has 1 saturated heterocycles. The van der Waals surface area contributed by atoms with Gasteiger partial charge in [-0.05, 0) is 32.2 Å². The molecule has 1 atom stereocenters. The number of rotatable bonds is 3. The SMILES string of the molecule is NCCC1CCCCN1c1cncc(Cl)n1. The molecule has 1 aromatic heterocycles. The summed E-state index contributed by atoms with van der Waals surface area (Å²) >= 11 is 5.86. The second-order valence-electron chi connectivity index (χ2n) is 4.12. The molecule has 0 aromatic carbocycles. The third-order valence-corrected chi connectivity index (χ3v) is 3.20. The molecular weight excluding hydrogens is 224 g/mol. The largest absolute Gasteiger partial charge is 0.352 e. The number of anilines is 1. The molecule has 1 aromatic rings. The lowest BCUT2D eigenvalue weighted by Gasteiger charge is -2.36. The summed E-state index contributed by atoms with van der Waals surface area (Å²) in [5, 5.41) is 0.453. The van der Waals surface area contributed by atoms with Gasteiger partial charge < -0.3 is 10.6 Å². The summed E-state index contributed by atoms with van der Waals surface area (Å²) in [4.78, 5) is 10.7. The van der Waals surface area contributed by atoms with Crippen molar-refractivity contribution in [2.24, 2.45) is 5.73 Å². The second-order valence-corrected chi connectivity index (χ2v) is 4.51. The molecule has 0 amide bonds. The number of halogens is 1. The van der Waals surface area contributed by atoms with Gasteiger partial charge in [0.15, 0.2) is 0 Å². The highest BCUT2D eigenvalue weighted by molar-refractivity contribution is 6.29. The molecule has 1 aliphatic rings. The lowest BCUT2D eigenvalue weighted by atomic mass is 9.99. The number of nitrogens with two attached hydrogens (primary N) is 1. The van der Waals surface area contributed by atoms with Crippen LogP contribution in [0.15, 0.2) is 12.4 Å². The molecule has 0 saturated carbocycles. The first-order chi connectivity index (χ1) is 7.81. The van der Waals surface area contributed by atoms with Gasteiger partial charge in [0, 0.05) is 12.6 Å². The Balaban J connectivity index is 2.16. The maximum absolute atomic E-state index is 5.86. The Bertz CT molecular complexity index is 343. The Morgan fingerprint density at radius 1 is 1.44 bits per heavy atom. The average Bonchev–Trinajstić information content (AvgIpc) is 2.30. The maximum Gasteiger partial charge on any atom is 0.149 e. The number of aromatic nitrogens is 2. The number of hydrogen-bond acceptors (Lipinski definition) is 4. The van der Waals surface area contributed by atoms with Gasteiger partial charge >= 0.3 is 0 Å². The van der Waals surface area contributed by atoms with Gasteiger partial charge in [-0.1, -0.05) is 11.6 Å². The summed E-state index contributed by atoms with van der Waals surface area (Å²) in [7, 11) is 0. The molecule has 2 rings (SSSR count). The first kappa shape index (κ1) is 11.6. The highest BCUT2D eigenvalue weighted by atomic mass is 35.5. The summed E-state index contributed by atoms with van der Waals surface area (Å²) in [6.07, 6.45) is 8.01. The zero-order valence-electron chi connectivity index (χ0n) is 9.27. The van der Waals surface area contributed by atoms with E-state index in [2.05, 4.69) is 14.9 Å².